The molecule has 0 amide bonds. The minimum atomic E-state index is -3.49. The number of hydrogen-bond acceptors (Lipinski definition) is 5. The second kappa shape index (κ2) is 5.79. The Bertz CT molecular complexity index is 530. The van der Waals surface area contributed by atoms with E-state index < -0.39 is 15.6 Å². The Morgan fingerprint density at radius 3 is 2.84 bits per heavy atom. The van der Waals surface area contributed by atoms with Crippen LogP contribution in [0.2, 0.25) is 0 Å². The van der Waals surface area contributed by atoms with Crippen LogP contribution in [0.25, 0.3) is 0 Å². The van der Waals surface area contributed by atoms with Crippen LogP contribution in [0.15, 0.2) is 14.1 Å². The monoisotopic (exact) mass is 369 g/mol. The van der Waals surface area contributed by atoms with Gasteiger partial charge in [-0.25, -0.2) is 13.1 Å². The van der Waals surface area contributed by atoms with Crippen LogP contribution in [0.5, 0.6) is 0 Å². The fourth-order valence-corrected chi connectivity index (χ4v) is 5.21. The number of ether oxygens (including phenoxy) is 2. The predicted molar refractivity (Wildman–Crippen MR) is 77.1 cm³/mol. The number of aryl methyl sites for hydroxylation is 1. The van der Waals surface area contributed by atoms with Crippen molar-refractivity contribution in [2.45, 2.75) is 23.2 Å². The van der Waals surface area contributed by atoms with Gasteiger partial charge in [-0.15, -0.1) is 11.3 Å². The Morgan fingerprint density at radius 2 is 2.37 bits per heavy atom. The highest BCUT2D eigenvalue weighted by Gasteiger charge is 2.36. The summed E-state index contributed by atoms with van der Waals surface area (Å²) in [6.45, 7) is 3.10. The number of methoxy groups -OCH3 is 1. The molecule has 2 heterocycles. The van der Waals surface area contributed by atoms with E-state index in [2.05, 4.69) is 20.7 Å². The molecule has 1 atom stereocenters. The Hall–Kier alpha value is 0.01000. The fraction of sp³-hybridized carbons (Fsp3) is 0.636. The van der Waals surface area contributed by atoms with Crippen molar-refractivity contribution in [2.75, 3.05) is 26.9 Å². The standard InChI is InChI=1S/C11H16BrNO4S2/c1-8-5-9(18-10(8)12)19(14,15)13-6-11(16-2)3-4-17-7-11/h5,13H,3-4,6-7H2,1-2H3. The summed E-state index contributed by atoms with van der Waals surface area (Å²) in [4.78, 5) is 0. The van der Waals surface area contributed by atoms with Crippen molar-refractivity contribution in [1.82, 2.24) is 4.72 Å². The molecule has 1 saturated heterocycles. The summed E-state index contributed by atoms with van der Waals surface area (Å²) in [5, 5.41) is 0. The highest BCUT2D eigenvalue weighted by atomic mass is 79.9. The van der Waals surface area contributed by atoms with Crippen molar-refractivity contribution in [3.63, 3.8) is 0 Å². The molecule has 1 fully saturated rings. The van der Waals surface area contributed by atoms with Gasteiger partial charge in [0.15, 0.2) is 0 Å². The third-order valence-electron chi connectivity index (χ3n) is 3.18. The summed E-state index contributed by atoms with van der Waals surface area (Å²) in [6.07, 6.45) is 0.694. The summed E-state index contributed by atoms with van der Waals surface area (Å²) in [5.41, 5.74) is 0.368. The SMILES string of the molecule is COC1(CNS(=O)(=O)c2cc(C)c(Br)s2)CCOC1. The number of thiophene rings is 1. The third-order valence-corrected chi connectivity index (χ3v) is 7.20. The lowest BCUT2D eigenvalue weighted by Gasteiger charge is -2.25. The normalized spacial score (nSPS) is 23.9. The van der Waals surface area contributed by atoms with E-state index in [1.54, 1.807) is 13.2 Å². The van der Waals surface area contributed by atoms with E-state index in [1.807, 2.05) is 6.92 Å². The molecule has 1 unspecified atom stereocenters. The Kier molecular flexibility index (Phi) is 4.69. The van der Waals surface area contributed by atoms with Gasteiger partial charge < -0.3 is 9.47 Å². The molecule has 0 bridgehead atoms. The molecule has 0 saturated carbocycles. The van der Waals surface area contributed by atoms with Gasteiger partial charge in [0.1, 0.15) is 9.81 Å². The van der Waals surface area contributed by atoms with Crippen molar-refractivity contribution in [3.05, 3.63) is 15.4 Å². The molecule has 1 aliphatic heterocycles. The Balaban J connectivity index is 2.09. The average molecular weight is 370 g/mol. The van der Waals surface area contributed by atoms with Crippen LogP contribution in [0.3, 0.4) is 0 Å². The van der Waals surface area contributed by atoms with Gasteiger partial charge in [-0.3, -0.25) is 0 Å². The van der Waals surface area contributed by atoms with Crippen molar-refractivity contribution in [1.29, 1.82) is 0 Å². The Morgan fingerprint density at radius 1 is 1.63 bits per heavy atom. The third kappa shape index (κ3) is 3.37. The highest BCUT2D eigenvalue weighted by molar-refractivity contribution is 9.11. The van der Waals surface area contributed by atoms with Gasteiger partial charge in [-0.2, -0.15) is 0 Å². The summed E-state index contributed by atoms with van der Waals surface area (Å²) >= 11 is 4.54. The van der Waals surface area contributed by atoms with E-state index in [4.69, 9.17) is 9.47 Å². The van der Waals surface area contributed by atoms with Crippen LogP contribution in [0, 0.1) is 6.92 Å². The fourth-order valence-electron chi connectivity index (χ4n) is 1.82. The first-order valence-corrected chi connectivity index (χ1v) is 8.86. The number of hydrogen-bond donors (Lipinski definition) is 1. The maximum absolute atomic E-state index is 12.2. The first-order valence-electron chi connectivity index (χ1n) is 5.77. The van der Waals surface area contributed by atoms with Gasteiger partial charge in [0.05, 0.1) is 10.4 Å². The van der Waals surface area contributed by atoms with E-state index >= 15 is 0 Å². The summed E-state index contributed by atoms with van der Waals surface area (Å²) < 4.78 is 38.8. The van der Waals surface area contributed by atoms with E-state index in [1.165, 1.54) is 11.3 Å². The van der Waals surface area contributed by atoms with E-state index in [-0.39, 0.29) is 6.54 Å². The topological polar surface area (TPSA) is 64.6 Å². The molecule has 1 aliphatic rings. The molecule has 19 heavy (non-hydrogen) atoms. The summed E-state index contributed by atoms with van der Waals surface area (Å²) in [7, 11) is -1.92. The molecule has 0 radical (unpaired) electrons. The van der Waals surface area contributed by atoms with Gasteiger partial charge in [0.25, 0.3) is 0 Å². The van der Waals surface area contributed by atoms with Gasteiger partial charge in [0, 0.05) is 26.7 Å². The van der Waals surface area contributed by atoms with Gasteiger partial charge in [0.2, 0.25) is 10.0 Å². The number of halogens is 1. The molecule has 1 aromatic rings. The van der Waals surface area contributed by atoms with Crippen molar-refractivity contribution < 1.29 is 17.9 Å². The predicted octanol–water partition coefficient (Wildman–Crippen LogP) is 1.90. The zero-order valence-corrected chi connectivity index (χ0v) is 14.0. The minimum Gasteiger partial charge on any atom is -0.378 e. The molecule has 5 nitrogen and oxygen atoms in total. The maximum atomic E-state index is 12.2. The smallest absolute Gasteiger partial charge is 0.250 e. The van der Waals surface area contributed by atoms with E-state index in [0.717, 1.165) is 9.35 Å². The lowest BCUT2D eigenvalue weighted by molar-refractivity contribution is -0.0120. The molecule has 1 aromatic heterocycles. The minimum absolute atomic E-state index is 0.223. The summed E-state index contributed by atoms with van der Waals surface area (Å²) in [5.74, 6) is 0. The molecule has 108 valence electrons. The van der Waals surface area contributed by atoms with Gasteiger partial charge in [-0.1, -0.05) is 0 Å². The van der Waals surface area contributed by atoms with E-state index in [9.17, 15) is 8.42 Å². The number of nitrogens with one attached hydrogen (secondary N) is 1. The first kappa shape index (κ1) is 15.4. The lowest BCUT2D eigenvalue weighted by atomic mass is 10.0. The van der Waals surface area contributed by atoms with Crippen molar-refractivity contribution in [3.8, 4) is 0 Å². The van der Waals surface area contributed by atoms with Crippen molar-refractivity contribution in [2.24, 2.45) is 0 Å². The molecule has 1 N–H and O–H groups in total. The molecule has 0 aliphatic carbocycles. The zero-order chi connectivity index (χ0) is 14.1. The second-order valence-corrected chi connectivity index (χ2v) is 8.90. The largest absolute Gasteiger partial charge is 0.378 e. The zero-order valence-electron chi connectivity index (χ0n) is 10.7. The highest BCUT2D eigenvalue weighted by Crippen LogP contribution is 2.31. The van der Waals surface area contributed by atoms with Crippen LogP contribution in [0.4, 0.5) is 0 Å². The molecule has 0 spiro atoms. The summed E-state index contributed by atoms with van der Waals surface area (Å²) in [6, 6.07) is 1.65. The number of sulfonamides is 1. The first-order chi connectivity index (χ1) is 8.88. The lowest BCUT2D eigenvalue weighted by Crippen LogP contribution is -2.44. The van der Waals surface area contributed by atoms with E-state index in [0.29, 0.717) is 23.8 Å². The van der Waals surface area contributed by atoms with Crippen molar-refractivity contribution >= 4 is 37.3 Å². The van der Waals surface area contributed by atoms with Gasteiger partial charge in [-0.05, 0) is 34.5 Å². The average Bonchev–Trinajstić information content (AvgIpc) is 2.96. The molecular formula is C11H16BrNO4S2. The molecular weight excluding hydrogens is 354 g/mol. The maximum Gasteiger partial charge on any atom is 0.250 e. The molecule has 8 heteroatoms. The van der Waals surface area contributed by atoms with Crippen LogP contribution in [-0.4, -0.2) is 40.9 Å². The quantitative estimate of drug-likeness (QED) is 0.860. The molecule has 0 aromatic carbocycles. The Labute approximate surface area is 125 Å². The van der Waals surface area contributed by atoms with Crippen LogP contribution < -0.4 is 4.72 Å². The second-order valence-electron chi connectivity index (χ2n) is 4.54. The molecule has 2 rings (SSSR count). The van der Waals surface area contributed by atoms with Gasteiger partial charge >= 0.3 is 0 Å². The van der Waals surface area contributed by atoms with Crippen LogP contribution >= 0.6 is 27.3 Å². The van der Waals surface area contributed by atoms with Crippen LogP contribution in [0.1, 0.15) is 12.0 Å². The number of rotatable bonds is 5. The van der Waals surface area contributed by atoms with Crippen LogP contribution in [-0.2, 0) is 19.5 Å².